The van der Waals surface area contributed by atoms with E-state index >= 15 is 0 Å². The number of carboxylic acids is 1. The predicted octanol–water partition coefficient (Wildman–Crippen LogP) is -5.41. The predicted molar refractivity (Wildman–Crippen MR) is 202 cm³/mol. The number of nitrogens with two attached hydrogens (primary N) is 1. The monoisotopic (exact) mass is 855 g/mol. The molecule has 0 aliphatic carbocycles. The quantitative estimate of drug-likeness (QED) is 0.0159. The molecule has 56 heavy (non-hydrogen) atoms. The van der Waals surface area contributed by atoms with Gasteiger partial charge in [-0.3, -0.25) is 33.3 Å². The van der Waals surface area contributed by atoms with Gasteiger partial charge in [0, 0.05) is 13.1 Å². The minimum atomic E-state index is -5.19. The van der Waals surface area contributed by atoms with E-state index < -0.39 is 118 Å². The standard InChI is InChI=1S/C28H42N10O14S3.H3N/c1-10(20(41)31-12(3)27(45)46)33-26(54)18-28(47)51-24(37-18)16(13(4)52-55(48,49)50)36-22(43)14(8-39)34-21(42)11(2)32-25(53)17-23(44)38-19(35-17)15(40)6-5-7-30-9-29;/h10-14,16-18,30,39H,5-9,29H2,1-4H3,(H,31,41)(H,32,53)(H,33,54)(H,34,42)(H,36,43)(H,45,46)(H,35,38,44)(H,48,49,50);1H3. The first-order valence-electron chi connectivity index (χ1n) is 16.2. The Bertz CT molecular complexity index is 1730. The molecule has 2 rings (SSSR count). The van der Waals surface area contributed by atoms with Crippen LogP contribution in [-0.4, -0.2) is 154 Å². The fourth-order valence-corrected chi connectivity index (χ4v) is 5.64. The lowest BCUT2D eigenvalue weighted by Gasteiger charge is -2.26. The molecule has 2 aliphatic heterocycles. The van der Waals surface area contributed by atoms with Crippen molar-refractivity contribution in [1.29, 1.82) is 0 Å². The van der Waals surface area contributed by atoms with Crippen molar-refractivity contribution >= 4 is 97.9 Å². The van der Waals surface area contributed by atoms with E-state index in [1.807, 2.05) is 0 Å². The van der Waals surface area contributed by atoms with Gasteiger partial charge in [-0.15, -0.1) is 0 Å². The first-order chi connectivity index (χ1) is 25.6. The van der Waals surface area contributed by atoms with Gasteiger partial charge in [0.25, 0.3) is 5.91 Å². The molecule has 0 fully saturated rings. The average molecular weight is 856 g/mol. The summed E-state index contributed by atoms with van der Waals surface area (Å²) in [6, 6.07) is -10.3. The number of amidine groups is 1. The number of cyclic esters (lactones) is 1. The summed E-state index contributed by atoms with van der Waals surface area (Å²) in [7, 11) is -5.19. The number of nitrogens with zero attached hydrogens (tertiary/aromatic N) is 2. The number of hydrogen-bond donors (Lipinski definition) is 12. The minimum absolute atomic E-state index is 0. The highest BCUT2D eigenvalue weighted by molar-refractivity contribution is 7.81. The highest BCUT2D eigenvalue weighted by atomic mass is 32.3. The fraction of sp³-hybridized carbons (Fsp3) is 0.607. The summed E-state index contributed by atoms with van der Waals surface area (Å²) < 4.78 is 41.9. The molecule has 0 aromatic carbocycles. The summed E-state index contributed by atoms with van der Waals surface area (Å²) in [5.74, 6) is -7.51. The van der Waals surface area contributed by atoms with E-state index in [0.717, 1.165) is 6.92 Å². The van der Waals surface area contributed by atoms with Crippen LogP contribution in [0.15, 0.2) is 9.98 Å². The molecule has 2 heterocycles. The molecule has 0 spiro atoms. The molecule has 0 saturated heterocycles. The van der Waals surface area contributed by atoms with Gasteiger partial charge >= 0.3 is 22.3 Å². The van der Waals surface area contributed by atoms with Crippen molar-refractivity contribution in [3.63, 3.8) is 0 Å². The molecular formula is C28H45N11O14S3. The second-order valence-electron chi connectivity index (χ2n) is 11.9. The summed E-state index contributed by atoms with van der Waals surface area (Å²) in [6.07, 6.45) is -1.27. The van der Waals surface area contributed by atoms with Crippen LogP contribution in [0.1, 0.15) is 40.5 Å². The van der Waals surface area contributed by atoms with Crippen molar-refractivity contribution in [2.24, 2.45) is 15.7 Å². The lowest BCUT2D eigenvalue weighted by atomic mass is 10.1. The van der Waals surface area contributed by atoms with Gasteiger partial charge in [0.2, 0.25) is 29.7 Å². The number of carbonyl (C=O) groups excluding carboxylic acids is 6. The average Bonchev–Trinajstić information content (AvgIpc) is 3.68. The van der Waals surface area contributed by atoms with Crippen molar-refractivity contribution in [3.8, 4) is 0 Å². The van der Waals surface area contributed by atoms with Crippen LogP contribution in [0.25, 0.3) is 0 Å². The Labute approximate surface area is 330 Å². The molecule has 0 saturated carbocycles. The number of ketones is 1. The molecule has 314 valence electrons. The Kier molecular flexibility index (Phi) is 19.5. The summed E-state index contributed by atoms with van der Waals surface area (Å²) >= 11 is 10.4. The molecule has 15 N–H and O–H groups in total. The van der Waals surface area contributed by atoms with Crippen LogP contribution >= 0.6 is 24.4 Å². The van der Waals surface area contributed by atoms with E-state index in [1.54, 1.807) is 0 Å². The highest BCUT2D eigenvalue weighted by Gasteiger charge is 2.42. The number of esters is 1. The number of rotatable bonds is 22. The number of carbonyl (C=O) groups is 7. The maximum Gasteiger partial charge on any atom is 0.397 e. The van der Waals surface area contributed by atoms with Gasteiger partial charge in [0.1, 0.15) is 46.3 Å². The Morgan fingerprint density at radius 3 is 2.02 bits per heavy atom. The van der Waals surface area contributed by atoms with Gasteiger partial charge in [-0.2, -0.15) is 8.42 Å². The Morgan fingerprint density at radius 1 is 0.911 bits per heavy atom. The molecule has 4 amide bonds. The number of carboxylic acid groups (broad SMARTS) is 1. The third kappa shape index (κ3) is 14.8. The second-order valence-corrected chi connectivity index (χ2v) is 13.8. The number of Topliss-reactive ketones (excluding diaryl/α,β-unsaturated/α-hetero) is 1. The number of aliphatic carboxylic acids is 1. The van der Waals surface area contributed by atoms with Gasteiger partial charge in [0.15, 0.2) is 17.7 Å². The molecule has 25 nitrogen and oxygen atoms in total. The molecule has 8 unspecified atom stereocenters. The molecule has 0 bridgehead atoms. The van der Waals surface area contributed by atoms with E-state index in [-0.39, 0.29) is 30.1 Å². The lowest BCUT2D eigenvalue weighted by molar-refractivity contribution is -0.141. The number of hydrogen-bond acceptors (Lipinski definition) is 19. The van der Waals surface area contributed by atoms with Gasteiger partial charge in [-0.05, 0) is 40.7 Å². The summed E-state index contributed by atoms with van der Waals surface area (Å²) in [6.45, 7) is 4.45. The van der Waals surface area contributed by atoms with Crippen LogP contribution in [0.4, 0.5) is 0 Å². The van der Waals surface area contributed by atoms with Crippen LogP contribution in [0.2, 0.25) is 0 Å². The Morgan fingerprint density at radius 2 is 1.48 bits per heavy atom. The minimum Gasteiger partial charge on any atom is -0.480 e. The van der Waals surface area contributed by atoms with Gasteiger partial charge in [-0.1, -0.05) is 24.4 Å². The molecule has 2 aliphatic rings. The SMILES string of the molecule is CC(NC(=O)C(C)NC(=S)C1N=C(C(NC(=O)C(CO)NC(=O)C(C)NC(=S)C2N=C(C(=O)CCCNCN)NC2=O)C(C)OS(=O)(=O)O)OC1=O)C(=O)O.N. The number of thiocarbonyl (C=S) groups is 2. The number of ether oxygens (including phenoxy) is 1. The van der Waals surface area contributed by atoms with Crippen LogP contribution in [0.3, 0.4) is 0 Å². The van der Waals surface area contributed by atoms with Crippen molar-refractivity contribution in [1.82, 2.24) is 43.4 Å². The molecule has 0 aromatic rings. The summed E-state index contributed by atoms with van der Waals surface area (Å²) in [5, 5.41) is 35.8. The van der Waals surface area contributed by atoms with Gasteiger partial charge in [0.05, 0.1) is 6.61 Å². The third-order valence-electron chi connectivity index (χ3n) is 7.45. The maximum absolute atomic E-state index is 13.3. The highest BCUT2D eigenvalue weighted by Crippen LogP contribution is 2.16. The number of nitrogens with one attached hydrogen (secondary N) is 7. The molecule has 8 atom stereocenters. The van der Waals surface area contributed by atoms with Gasteiger partial charge < -0.3 is 64.1 Å². The normalized spacial score (nSPS) is 19.5. The van der Waals surface area contributed by atoms with Crippen molar-refractivity contribution in [2.45, 2.75) is 88.9 Å². The van der Waals surface area contributed by atoms with E-state index in [1.165, 1.54) is 20.8 Å². The molecule has 28 heteroatoms. The Balaban J connectivity index is 0.0000157. The molecular weight excluding hydrogens is 811 g/mol. The lowest BCUT2D eigenvalue weighted by Crippen LogP contribution is -2.58. The first-order valence-corrected chi connectivity index (χ1v) is 18.4. The molecule has 0 aromatic heterocycles. The van der Waals surface area contributed by atoms with Crippen LogP contribution in [-0.2, 0) is 52.9 Å². The number of aliphatic hydroxyl groups excluding tert-OH is 1. The molecule has 0 radical (unpaired) electrons. The topological polar surface area (TPSA) is 403 Å². The zero-order valence-corrected chi connectivity index (χ0v) is 32.8. The van der Waals surface area contributed by atoms with E-state index in [9.17, 15) is 51.6 Å². The van der Waals surface area contributed by atoms with Crippen molar-refractivity contribution in [2.75, 3.05) is 19.8 Å². The number of aliphatic imine (C=N–C) groups is 2. The van der Waals surface area contributed by atoms with Crippen LogP contribution in [0.5, 0.6) is 0 Å². The largest absolute Gasteiger partial charge is 0.480 e. The van der Waals surface area contributed by atoms with Crippen molar-refractivity contribution < 1.29 is 65.7 Å². The van der Waals surface area contributed by atoms with Crippen LogP contribution in [0, 0.1) is 0 Å². The Hall–Kier alpha value is -4.68. The second kappa shape index (κ2) is 22.2. The van der Waals surface area contributed by atoms with E-state index in [2.05, 4.69) is 51.4 Å². The van der Waals surface area contributed by atoms with Crippen molar-refractivity contribution in [3.05, 3.63) is 0 Å². The smallest absolute Gasteiger partial charge is 0.397 e. The maximum atomic E-state index is 13.3. The number of amides is 4. The van der Waals surface area contributed by atoms with E-state index in [4.69, 9.17) is 40.0 Å². The van der Waals surface area contributed by atoms with Crippen LogP contribution < -0.4 is 49.1 Å². The van der Waals surface area contributed by atoms with E-state index in [0.29, 0.717) is 13.0 Å². The number of aliphatic hydroxyl groups is 1. The fourth-order valence-electron chi connectivity index (χ4n) is 4.48. The third-order valence-corrected chi connectivity index (χ3v) is 8.68. The first kappa shape index (κ1) is 49.3. The summed E-state index contributed by atoms with van der Waals surface area (Å²) in [4.78, 5) is 94.6. The zero-order valence-electron chi connectivity index (χ0n) is 30.4. The summed E-state index contributed by atoms with van der Waals surface area (Å²) in [5.41, 5.74) is 5.33. The zero-order chi connectivity index (χ0) is 41.8. The van der Waals surface area contributed by atoms with Gasteiger partial charge in [-0.25, -0.2) is 19.0 Å².